The molecule has 3 heteroatoms. The SMILES string of the molecule is CC1CCC(C2CCC(C3CCC(c4cc(F)c(F)c(F)c4)CC3)CC2)CC1. The number of halogens is 3. The van der Waals surface area contributed by atoms with Crippen LogP contribution >= 0.6 is 0 Å². The molecule has 0 radical (unpaired) electrons. The van der Waals surface area contributed by atoms with Crippen molar-refractivity contribution in [1.82, 2.24) is 0 Å². The van der Waals surface area contributed by atoms with E-state index in [9.17, 15) is 13.2 Å². The minimum absolute atomic E-state index is 0.182. The molecule has 0 aliphatic heterocycles. The minimum Gasteiger partial charge on any atom is -0.204 e. The van der Waals surface area contributed by atoms with Gasteiger partial charge in [-0.2, -0.15) is 0 Å². The zero-order valence-corrected chi connectivity index (χ0v) is 17.2. The lowest BCUT2D eigenvalue weighted by Crippen LogP contribution is -2.29. The van der Waals surface area contributed by atoms with E-state index >= 15 is 0 Å². The van der Waals surface area contributed by atoms with Gasteiger partial charge in [0.05, 0.1) is 0 Å². The molecule has 1 aromatic rings. The third kappa shape index (κ3) is 4.44. The van der Waals surface area contributed by atoms with Gasteiger partial charge in [-0.25, -0.2) is 13.2 Å². The van der Waals surface area contributed by atoms with Gasteiger partial charge in [0.25, 0.3) is 0 Å². The van der Waals surface area contributed by atoms with Crippen molar-refractivity contribution in [1.29, 1.82) is 0 Å². The Bertz CT molecular complexity index is 623. The van der Waals surface area contributed by atoms with E-state index in [4.69, 9.17) is 0 Å². The van der Waals surface area contributed by atoms with Gasteiger partial charge in [0.15, 0.2) is 17.5 Å². The Kier molecular flexibility index (Phi) is 6.37. The second-order valence-corrected chi connectivity index (χ2v) is 10.1. The zero-order chi connectivity index (χ0) is 19.7. The molecule has 0 amide bonds. The highest BCUT2D eigenvalue weighted by Crippen LogP contribution is 2.47. The summed E-state index contributed by atoms with van der Waals surface area (Å²) in [5.74, 6) is 1.25. The average Bonchev–Trinajstić information content (AvgIpc) is 2.72. The van der Waals surface area contributed by atoms with Gasteiger partial charge in [-0.05, 0) is 117 Å². The van der Waals surface area contributed by atoms with Crippen molar-refractivity contribution < 1.29 is 13.2 Å². The second-order valence-electron chi connectivity index (χ2n) is 10.1. The Hall–Kier alpha value is -0.990. The van der Waals surface area contributed by atoms with Crippen LogP contribution in [0.2, 0.25) is 0 Å². The lowest BCUT2D eigenvalue weighted by atomic mass is 9.65. The van der Waals surface area contributed by atoms with Crippen LogP contribution in [0.3, 0.4) is 0 Å². The van der Waals surface area contributed by atoms with E-state index in [1.165, 1.54) is 63.5 Å². The molecule has 0 bridgehead atoms. The molecule has 0 atom stereocenters. The largest absolute Gasteiger partial charge is 0.204 e. The van der Waals surface area contributed by atoms with E-state index < -0.39 is 17.5 Å². The summed E-state index contributed by atoms with van der Waals surface area (Å²) in [6.45, 7) is 2.40. The molecule has 4 rings (SSSR count). The highest BCUT2D eigenvalue weighted by atomic mass is 19.2. The van der Waals surface area contributed by atoms with Crippen molar-refractivity contribution in [3.63, 3.8) is 0 Å². The van der Waals surface area contributed by atoms with Gasteiger partial charge in [-0.3, -0.25) is 0 Å². The molecular formula is C25H35F3. The van der Waals surface area contributed by atoms with Gasteiger partial charge in [0.2, 0.25) is 0 Å². The first-order chi connectivity index (χ1) is 13.5. The Balaban J connectivity index is 1.26. The predicted octanol–water partition coefficient (Wildman–Crippen LogP) is 8.01. The lowest BCUT2D eigenvalue weighted by molar-refractivity contribution is 0.112. The Morgan fingerprint density at radius 1 is 0.571 bits per heavy atom. The molecule has 3 saturated carbocycles. The van der Waals surface area contributed by atoms with E-state index in [-0.39, 0.29) is 5.92 Å². The molecule has 156 valence electrons. The van der Waals surface area contributed by atoms with Crippen molar-refractivity contribution in [2.75, 3.05) is 0 Å². The summed E-state index contributed by atoms with van der Waals surface area (Å²) < 4.78 is 40.3. The van der Waals surface area contributed by atoms with Crippen molar-refractivity contribution >= 4 is 0 Å². The first kappa shape index (κ1) is 20.3. The van der Waals surface area contributed by atoms with Crippen LogP contribution in [0, 0.1) is 47.0 Å². The smallest absolute Gasteiger partial charge is 0.194 e. The molecular weight excluding hydrogens is 357 g/mol. The van der Waals surface area contributed by atoms with Crippen LogP contribution in [0.1, 0.15) is 95.5 Å². The monoisotopic (exact) mass is 392 g/mol. The fourth-order valence-electron chi connectivity index (χ4n) is 6.58. The molecule has 0 unspecified atom stereocenters. The molecule has 3 aliphatic carbocycles. The van der Waals surface area contributed by atoms with Crippen LogP contribution in [0.5, 0.6) is 0 Å². The molecule has 0 aromatic heterocycles. The molecule has 0 nitrogen and oxygen atoms in total. The Morgan fingerprint density at radius 2 is 0.929 bits per heavy atom. The fourth-order valence-corrected chi connectivity index (χ4v) is 6.58. The van der Waals surface area contributed by atoms with Crippen LogP contribution in [-0.4, -0.2) is 0 Å². The molecule has 1 aromatic carbocycles. The molecule has 0 saturated heterocycles. The van der Waals surface area contributed by atoms with Gasteiger partial charge in [0, 0.05) is 0 Å². The number of hydrogen-bond donors (Lipinski definition) is 0. The van der Waals surface area contributed by atoms with E-state index in [0.29, 0.717) is 5.56 Å². The van der Waals surface area contributed by atoms with E-state index in [1.54, 1.807) is 0 Å². The normalized spacial score (nSPS) is 37.0. The summed E-state index contributed by atoms with van der Waals surface area (Å²) in [6.07, 6.45) is 15.6. The van der Waals surface area contributed by atoms with Crippen molar-refractivity contribution in [2.24, 2.45) is 29.6 Å². The van der Waals surface area contributed by atoms with Gasteiger partial charge in [-0.1, -0.05) is 19.8 Å². The lowest BCUT2D eigenvalue weighted by Gasteiger charge is -2.41. The molecule has 0 heterocycles. The van der Waals surface area contributed by atoms with Crippen molar-refractivity contribution in [3.8, 4) is 0 Å². The first-order valence-electron chi connectivity index (χ1n) is 11.7. The number of rotatable bonds is 3. The summed E-state index contributed by atoms with van der Waals surface area (Å²) in [7, 11) is 0. The highest BCUT2D eigenvalue weighted by Gasteiger charge is 2.34. The number of hydrogen-bond acceptors (Lipinski definition) is 0. The molecule has 0 spiro atoms. The van der Waals surface area contributed by atoms with Crippen molar-refractivity contribution in [2.45, 2.75) is 89.9 Å². The summed E-state index contributed by atoms with van der Waals surface area (Å²) in [5.41, 5.74) is 0.644. The van der Waals surface area contributed by atoms with Gasteiger partial charge in [0.1, 0.15) is 0 Å². The van der Waals surface area contributed by atoms with Gasteiger partial charge < -0.3 is 0 Å². The molecule has 0 N–H and O–H groups in total. The maximum atomic E-state index is 13.6. The maximum Gasteiger partial charge on any atom is 0.194 e. The standard InChI is InChI=1S/C25H35F3/c1-16-2-4-17(5-3-16)18-6-8-19(9-7-18)20-10-12-21(13-11-20)22-14-23(26)25(28)24(27)15-22/h14-21H,2-13H2,1H3. The third-order valence-electron chi connectivity index (χ3n) is 8.46. The predicted molar refractivity (Wildman–Crippen MR) is 108 cm³/mol. The topological polar surface area (TPSA) is 0 Å². The summed E-state index contributed by atoms with van der Waals surface area (Å²) in [5, 5.41) is 0. The van der Waals surface area contributed by atoms with E-state index in [1.807, 2.05) is 0 Å². The van der Waals surface area contributed by atoms with Crippen LogP contribution in [0.15, 0.2) is 12.1 Å². The number of benzene rings is 1. The van der Waals surface area contributed by atoms with Crippen LogP contribution in [-0.2, 0) is 0 Å². The molecule has 3 aliphatic rings. The Morgan fingerprint density at radius 3 is 1.36 bits per heavy atom. The Labute approximate surface area is 168 Å². The fraction of sp³-hybridized carbons (Fsp3) is 0.760. The summed E-state index contributed by atoms with van der Waals surface area (Å²) >= 11 is 0. The first-order valence-corrected chi connectivity index (χ1v) is 11.7. The summed E-state index contributed by atoms with van der Waals surface area (Å²) in [6, 6.07) is 2.42. The molecule has 28 heavy (non-hydrogen) atoms. The van der Waals surface area contributed by atoms with Crippen LogP contribution in [0.25, 0.3) is 0 Å². The zero-order valence-electron chi connectivity index (χ0n) is 17.2. The maximum absolute atomic E-state index is 13.6. The van der Waals surface area contributed by atoms with Crippen LogP contribution < -0.4 is 0 Å². The second kappa shape index (κ2) is 8.79. The summed E-state index contributed by atoms with van der Waals surface area (Å²) in [4.78, 5) is 0. The quantitative estimate of drug-likeness (QED) is 0.457. The van der Waals surface area contributed by atoms with Gasteiger partial charge in [-0.15, -0.1) is 0 Å². The van der Waals surface area contributed by atoms with E-state index in [2.05, 4.69) is 6.92 Å². The van der Waals surface area contributed by atoms with Crippen LogP contribution in [0.4, 0.5) is 13.2 Å². The van der Waals surface area contributed by atoms with Gasteiger partial charge >= 0.3 is 0 Å². The third-order valence-corrected chi connectivity index (χ3v) is 8.46. The average molecular weight is 393 g/mol. The minimum atomic E-state index is -1.35. The van der Waals surface area contributed by atoms with Crippen molar-refractivity contribution in [3.05, 3.63) is 35.1 Å². The van der Waals surface area contributed by atoms with E-state index in [0.717, 1.165) is 55.3 Å². The highest BCUT2D eigenvalue weighted by molar-refractivity contribution is 5.23. The molecule has 3 fully saturated rings.